The molecule has 0 unspecified atom stereocenters. The van der Waals surface area contributed by atoms with E-state index in [2.05, 4.69) is 56.2 Å². The number of rotatable bonds is 9. The molecule has 2 aliphatic heterocycles. The summed E-state index contributed by atoms with van der Waals surface area (Å²) in [6.07, 6.45) is 6.16. The molecule has 0 saturated carbocycles. The third-order valence-corrected chi connectivity index (χ3v) is 9.78. The molecule has 9 nitrogen and oxygen atoms in total. The Morgan fingerprint density at radius 1 is 1.05 bits per heavy atom. The van der Waals surface area contributed by atoms with Crippen LogP contribution in [0, 0.1) is 0 Å². The summed E-state index contributed by atoms with van der Waals surface area (Å²) in [5, 5.41) is 14.8. The molecule has 9 heteroatoms. The van der Waals surface area contributed by atoms with E-state index in [1.807, 2.05) is 32.5 Å². The second-order valence-corrected chi connectivity index (χ2v) is 13.0. The van der Waals surface area contributed by atoms with E-state index in [1.165, 1.54) is 60.0 Å². The zero-order chi connectivity index (χ0) is 30.5. The van der Waals surface area contributed by atoms with Gasteiger partial charge >= 0.3 is 0 Å². The summed E-state index contributed by atoms with van der Waals surface area (Å²) in [4.78, 5) is 24.2. The van der Waals surface area contributed by atoms with E-state index in [1.54, 1.807) is 0 Å². The van der Waals surface area contributed by atoms with Gasteiger partial charge in [0.25, 0.3) is 5.91 Å². The maximum atomic E-state index is 13.5. The molecule has 4 aromatic rings. The predicted molar refractivity (Wildman–Crippen MR) is 176 cm³/mol. The fourth-order valence-electron chi connectivity index (χ4n) is 7.54. The van der Waals surface area contributed by atoms with Crippen LogP contribution in [-0.2, 0) is 37.8 Å². The fourth-order valence-corrected chi connectivity index (χ4v) is 7.54. The highest BCUT2D eigenvalue weighted by Gasteiger charge is 2.35. The molecule has 2 aromatic carbocycles. The van der Waals surface area contributed by atoms with Crippen LogP contribution >= 0.6 is 0 Å². The maximum absolute atomic E-state index is 13.5. The molecule has 1 aliphatic carbocycles. The second-order valence-electron chi connectivity index (χ2n) is 13.0. The summed E-state index contributed by atoms with van der Waals surface area (Å²) in [6.45, 7) is 16.7. The van der Waals surface area contributed by atoms with Gasteiger partial charge in [-0.05, 0) is 88.4 Å². The van der Waals surface area contributed by atoms with Crippen molar-refractivity contribution in [3.05, 3.63) is 52.3 Å². The summed E-state index contributed by atoms with van der Waals surface area (Å²) in [5.74, 6) is 0.0261. The van der Waals surface area contributed by atoms with Crippen molar-refractivity contribution in [3.63, 3.8) is 0 Å². The largest absolute Gasteiger partial charge is 0.393 e. The van der Waals surface area contributed by atoms with Crippen LogP contribution in [0.1, 0.15) is 73.3 Å². The Kier molecular flexibility index (Phi) is 7.70. The molecule has 3 aliphatic rings. The number of piperazine rings is 1. The summed E-state index contributed by atoms with van der Waals surface area (Å²) < 4.78 is 4.45. The first-order chi connectivity index (χ1) is 21.3. The van der Waals surface area contributed by atoms with Gasteiger partial charge in [0, 0.05) is 79.9 Å². The third kappa shape index (κ3) is 5.00. The minimum atomic E-state index is 0.0235. The number of oxime groups is 1. The molecule has 44 heavy (non-hydrogen) atoms. The number of aromatic nitrogens is 3. The van der Waals surface area contributed by atoms with E-state index in [0.29, 0.717) is 6.54 Å². The highest BCUT2D eigenvalue weighted by atomic mass is 16.6. The van der Waals surface area contributed by atoms with Gasteiger partial charge in [0.15, 0.2) is 0 Å². The lowest BCUT2D eigenvalue weighted by atomic mass is 9.82. The highest BCUT2D eigenvalue weighted by molar-refractivity contribution is 6.20. The number of aryl methyl sites for hydroxylation is 4. The Balaban J connectivity index is 1.34. The Morgan fingerprint density at radius 2 is 1.82 bits per heavy atom. The zero-order valence-electron chi connectivity index (χ0n) is 26.9. The van der Waals surface area contributed by atoms with Gasteiger partial charge in [-0.15, -0.1) is 0 Å². The van der Waals surface area contributed by atoms with Crippen LogP contribution < -0.4 is 5.32 Å². The summed E-state index contributed by atoms with van der Waals surface area (Å²) in [7, 11) is 1.98. The predicted octanol–water partition coefficient (Wildman–Crippen LogP) is 5.10. The second kappa shape index (κ2) is 11.7. The van der Waals surface area contributed by atoms with Crippen LogP contribution in [0.5, 0.6) is 0 Å². The molecule has 1 fully saturated rings. The van der Waals surface area contributed by atoms with Crippen molar-refractivity contribution in [1.29, 1.82) is 0 Å². The van der Waals surface area contributed by atoms with Crippen LogP contribution in [0.15, 0.2) is 29.6 Å². The molecule has 1 amide bonds. The number of benzene rings is 2. The molecule has 1 N–H and O–H groups in total. The number of nitrogens with one attached hydrogen (secondary N) is 1. The van der Waals surface area contributed by atoms with Gasteiger partial charge in [-0.2, -0.15) is 5.10 Å². The van der Waals surface area contributed by atoms with Gasteiger partial charge in [0.2, 0.25) is 0 Å². The summed E-state index contributed by atoms with van der Waals surface area (Å²) in [5.41, 5.74) is 11.0. The third-order valence-electron chi connectivity index (χ3n) is 9.78. The number of fused-ring (bicyclic) bond motifs is 10. The molecular weight excluding hydrogens is 550 g/mol. The van der Waals surface area contributed by atoms with Gasteiger partial charge in [-0.25, -0.2) is 0 Å². The first kappa shape index (κ1) is 29.0. The SMILES string of the molecule is CCN1CCN(CCCCn2c3ccc(C(C)=NOC(C)C)cc3c3c4c(c5c(c32)CCc2nn(C)cc2-5)C(=O)NC4)CC1. The molecule has 0 atom stereocenters. The minimum absolute atomic E-state index is 0.0235. The van der Waals surface area contributed by atoms with Gasteiger partial charge in [-0.3, -0.25) is 9.48 Å². The van der Waals surface area contributed by atoms with E-state index in [4.69, 9.17) is 9.94 Å². The number of carbonyl (C=O) groups is 1. The van der Waals surface area contributed by atoms with Crippen molar-refractivity contribution < 1.29 is 9.63 Å². The minimum Gasteiger partial charge on any atom is -0.393 e. The van der Waals surface area contributed by atoms with Crippen molar-refractivity contribution >= 4 is 33.4 Å². The van der Waals surface area contributed by atoms with E-state index in [0.717, 1.165) is 78.1 Å². The normalized spacial score (nSPS) is 17.4. The first-order valence-electron chi connectivity index (χ1n) is 16.4. The molecule has 1 saturated heterocycles. The number of nitrogens with zero attached hydrogens (tertiary/aromatic N) is 6. The van der Waals surface area contributed by atoms with Crippen LogP contribution in [0.3, 0.4) is 0 Å². The first-order valence-corrected chi connectivity index (χ1v) is 16.4. The molecular formula is C35H45N7O2. The summed E-state index contributed by atoms with van der Waals surface area (Å²) >= 11 is 0. The van der Waals surface area contributed by atoms with Gasteiger partial charge in [0.05, 0.1) is 22.5 Å². The van der Waals surface area contributed by atoms with Crippen LogP contribution in [0.4, 0.5) is 0 Å². The van der Waals surface area contributed by atoms with E-state index < -0.39 is 0 Å². The zero-order valence-corrected chi connectivity index (χ0v) is 26.9. The Hall–Kier alpha value is -3.69. The van der Waals surface area contributed by atoms with Crippen molar-refractivity contribution in [2.75, 3.05) is 39.3 Å². The topological polar surface area (TPSA) is 79.9 Å². The lowest BCUT2D eigenvalue weighted by molar-refractivity contribution is 0.0860. The van der Waals surface area contributed by atoms with Crippen LogP contribution in [0.2, 0.25) is 0 Å². The monoisotopic (exact) mass is 595 g/mol. The van der Waals surface area contributed by atoms with Crippen molar-refractivity contribution in [2.45, 2.75) is 72.6 Å². The standard InChI is InChI=1S/C35H45N7O2/c1-6-40-15-17-41(18-16-40)13-7-8-14-42-30-12-9-24(23(4)38-44-22(2)3)19-26(30)32-27-20-36-35(43)33(27)31-25(34(32)42)10-11-29-28(31)21-39(5)37-29/h9,12,19,21-22H,6-8,10-11,13-18,20H2,1-5H3,(H,36,43). The van der Waals surface area contributed by atoms with Crippen LogP contribution in [-0.4, -0.2) is 81.1 Å². The number of carbonyl (C=O) groups excluding carboxylic acids is 1. The molecule has 4 heterocycles. The molecule has 232 valence electrons. The average molecular weight is 596 g/mol. The Morgan fingerprint density at radius 3 is 2.59 bits per heavy atom. The number of unbranched alkanes of at least 4 members (excludes halogenated alkanes) is 1. The highest BCUT2D eigenvalue weighted by Crippen LogP contribution is 2.47. The molecule has 0 radical (unpaired) electrons. The number of hydrogen-bond acceptors (Lipinski definition) is 6. The molecule has 0 bridgehead atoms. The Bertz CT molecular complexity index is 1770. The van der Waals surface area contributed by atoms with Gasteiger partial charge in [0.1, 0.15) is 6.10 Å². The van der Waals surface area contributed by atoms with E-state index >= 15 is 0 Å². The molecule has 2 aromatic heterocycles. The average Bonchev–Trinajstić information content (AvgIpc) is 3.70. The number of hydrogen-bond donors (Lipinski definition) is 1. The maximum Gasteiger partial charge on any atom is 0.252 e. The van der Waals surface area contributed by atoms with Crippen molar-refractivity contribution in [3.8, 4) is 11.1 Å². The number of amides is 1. The quantitative estimate of drug-likeness (QED) is 0.165. The fraction of sp³-hybridized carbons (Fsp3) is 0.514. The lowest BCUT2D eigenvalue weighted by Gasteiger charge is -2.34. The lowest BCUT2D eigenvalue weighted by Crippen LogP contribution is -2.46. The van der Waals surface area contributed by atoms with E-state index in [9.17, 15) is 4.79 Å². The molecule has 0 spiro atoms. The van der Waals surface area contributed by atoms with Gasteiger partial charge < -0.3 is 24.5 Å². The van der Waals surface area contributed by atoms with Crippen molar-refractivity contribution in [2.24, 2.45) is 12.2 Å². The van der Waals surface area contributed by atoms with E-state index in [-0.39, 0.29) is 12.0 Å². The Labute approximate surface area is 259 Å². The van der Waals surface area contributed by atoms with Gasteiger partial charge in [-0.1, -0.05) is 18.1 Å². The van der Waals surface area contributed by atoms with Crippen molar-refractivity contribution in [1.82, 2.24) is 29.5 Å². The van der Waals surface area contributed by atoms with Crippen LogP contribution in [0.25, 0.3) is 32.9 Å². The smallest absolute Gasteiger partial charge is 0.252 e. The molecule has 7 rings (SSSR count). The summed E-state index contributed by atoms with van der Waals surface area (Å²) in [6, 6.07) is 6.69. The number of likely N-dealkylation sites (N-methyl/N-ethyl adjacent to an activating group) is 1.